The van der Waals surface area contributed by atoms with Crippen molar-refractivity contribution in [3.05, 3.63) is 0 Å². The van der Waals surface area contributed by atoms with Crippen LogP contribution in [0.4, 0.5) is 0 Å². The van der Waals surface area contributed by atoms with Crippen molar-refractivity contribution in [2.75, 3.05) is 26.4 Å². The highest BCUT2D eigenvalue weighted by atomic mass is 31.2. The lowest BCUT2D eigenvalue weighted by Gasteiger charge is -2.15. The van der Waals surface area contributed by atoms with Gasteiger partial charge >= 0.3 is 7.82 Å². The molecule has 1 saturated heterocycles. The Labute approximate surface area is 58.5 Å². The van der Waals surface area contributed by atoms with Crippen molar-refractivity contribution in [3.8, 4) is 0 Å². The maximum absolute atomic E-state index is 10.7. The molecule has 0 saturated carbocycles. The molecule has 0 bridgehead atoms. The summed E-state index contributed by atoms with van der Waals surface area (Å²) >= 11 is 0. The van der Waals surface area contributed by atoms with Gasteiger partial charge in [0.2, 0.25) is 0 Å². The fourth-order valence-electron chi connectivity index (χ4n) is 0.562. The highest BCUT2D eigenvalue weighted by Gasteiger charge is 2.21. The topological polar surface area (TPSA) is 65.0 Å². The maximum Gasteiger partial charge on any atom is 0.472 e. The first-order valence-corrected chi connectivity index (χ1v) is 4.40. The second kappa shape index (κ2) is 3.46. The highest BCUT2D eigenvalue weighted by molar-refractivity contribution is 7.47. The van der Waals surface area contributed by atoms with Crippen LogP contribution in [-0.2, 0) is 18.3 Å². The third-order valence-electron chi connectivity index (χ3n) is 0.964. The van der Waals surface area contributed by atoms with E-state index in [0.717, 1.165) is 0 Å². The Morgan fingerprint density at radius 3 is 2.10 bits per heavy atom. The van der Waals surface area contributed by atoms with Gasteiger partial charge in [0.25, 0.3) is 0 Å². The molecule has 0 unspecified atom stereocenters. The molecule has 0 aromatic heterocycles. The van der Waals surface area contributed by atoms with Crippen LogP contribution in [0.3, 0.4) is 0 Å². The first kappa shape index (κ1) is 8.17. The van der Waals surface area contributed by atoms with Crippen molar-refractivity contribution in [2.24, 2.45) is 0 Å². The summed E-state index contributed by atoms with van der Waals surface area (Å²) < 4.78 is 24.4. The predicted molar refractivity (Wildman–Crippen MR) is 32.5 cm³/mol. The zero-order valence-corrected chi connectivity index (χ0v) is 6.25. The van der Waals surface area contributed by atoms with E-state index in [1.807, 2.05) is 0 Å². The highest BCUT2D eigenvalue weighted by Crippen LogP contribution is 2.43. The van der Waals surface area contributed by atoms with Gasteiger partial charge in [-0.15, -0.1) is 0 Å². The Bertz CT molecular complexity index is 135. The van der Waals surface area contributed by atoms with Crippen LogP contribution in [0.25, 0.3) is 0 Å². The molecule has 1 heterocycles. The van der Waals surface area contributed by atoms with Crippen molar-refractivity contribution in [2.45, 2.75) is 0 Å². The van der Waals surface area contributed by atoms with Crippen LogP contribution in [-0.4, -0.2) is 31.3 Å². The van der Waals surface area contributed by atoms with Gasteiger partial charge in [0.1, 0.15) is 0 Å². The van der Waals surface area contributed by atoms with Crippen LogP contribution in [0.2, 0.25) is 0 Å². The summed E-state index contributed by atoms with van der Waals surface area (Å²) in [5, 5.41) is 0. The van der Waals surface area contributed by atoms with Gasteiger partial charge in [-0.25, -0.2) is 4.57 Å². The summed E-state index contributed by atoms with van der Waals surface area (Å²) in [6.45, 7) is 0.892. The summed E-state index contributed by atoms with van der Waals surface area (Å²) in [6.07, 6.45) is 0. The number of ether oxygens (including phenoxy) is 1. The number of hydrogen-bond donors (Lipinski definition) is 1. The number of hydrogen-bond acceptors (Lipinski definition) is 4. The fourth-order valence-corrected chi connectivity index (χ4v) is 1.25. The third-order valence-corrected chi connectivity index (χ3v) is 1.98. The Morgan fingerprint density at radius 1 is 1.10 bits per heavy atom. The van der Waals surface area contributed by atoms with Crippen molar-refractivity contribution >= 4 is 7.82 Å². The monoisotopic (exact) mass is 168 g/mol. The lowest BCUT2D eigenvalue weighted by atomic mass is 10.7. The maximum atomic E-state index is 10.7. The smallest absolute Gasteiger partial charge is 0.377 e. The quantitative estimate of drug-likeness (QED) is 0.521. The van der Waals surface area contributed by atoms with E-state index in [2.05, 4.69) is 9.05 Å². The average molecular weight is 168 g/mol. The number of rotatable bonds is 0. The van der Waals surface area contributed by atoms with Crippen LogP contribution < -0.4 is 0 Å². The zero-order chi connectivity index (χ0) is 7.45. The number of phosphoric acid groups is 1. The summed E-state index contributed by atoms with van der Waals surface area (Å²) in [5.74, 6) is 0. The Morgan fingerprint density at radius 2 is 1.60 bits per heavy atom. The number of phosphoric ester groups is 1. The van der Waals surface area contributed by atoms with Gasteiger partial charge in [-0.05, 0) is 0 Å². The van der Waals surface area contributed by atoms with Crippen LogP contribution in [0.5, 0.6) is 0 Å². The molecule has 5 nitrogen and oxygen atoms in total. The van der Waals surface area contributed by atoms with Crippen molar-refractivity contribution in [1.82, 2.24) is 0 Å². The van der Waals surface area contributed by atoms with Gasteiger partial charge in [0.05, 0.1) is 26.4 Å². The van der Waals surface area contributed by atoms with Crippen LogP contribution in [0.15, 0.2) is 0 Å². The summed E-state index contributed by atoms with van der Waals surface area (Å²) in [5.41, 5.74) is 0. The van der Waals surface area contributed by atoms with Crippen LogP contribution in [0, 0.1) is 0 Å². The summed E-state index contributed by atoms with van der Waals surface area (Å²) in [4.78, 5) is 8.74. The van der Waals surface area contributed by atoms with Crippen LogP contribution in [0.1, 0.15) is 0 Å². The molecule has 0 aromatic rings. The molecule has 0 aromatic carbocycles. The second-order valence-electron chi connectivity index (χ2n) is 1.75. The lowest BCUT2D eigenvalue weighted by molar-refractivity contribution is 0.0263. The van der Waals surface area contributed by atoms with E-state index < -0.39 is 7.82 Å². The van der Waals surface area contributed by atoms with E-state index in [4.69, 9.17) is 9.63 Å². The van der Waals surface area contributed by atoms with Crippen molar-refractivity contribution in [3.63, 3.8) is 0 Å². The van der Waals surface area contributed by atoms with Crippen LogP contribution >= 0.6 is 7.82 Å². The van der Waals surface area contributed by atoms with Gasteiger partial charge in [0.15, 0.2) is 0 Å². The Kier molecular flexibility index (Phi) is 2.82. The average Bonchev–Trinajstić information content (AvgIpc) is 1.81. The van der Waals surface area contributed by atoms with Gasteiger partial charge < -0.3 is 9.63 Å². The molecule has 60 valence electrons. The Balaban J connectivity index is 2.38. The third kappa shape index (κ3) is 2.77. The standard InChI is InChI=1S/C4H9O5P/c5-10(6)8-3-1-7-2-4-9-10/h1-4H2,(H,5,6). The molecule has 1 rings (SSSR count). The molecular formula is C4H9O5P. The molecule has 1 N–H and O–H groups in total. The van der Waals surface area contributed by atoms with E-state index in [9.17, 15) is 4.57 Å². The molecule has 1 aliphatic heterocycles. The molecule has 0 atom stereocenters. The minimum atomic E-state index is -3.74. The van der Waals surface area contributed by atoms with E-state index in [-0.39, 0.29) is 13.2 Å². The molecule has 6 heteroatoms. The lowest BCUT2D eigenvalue weighted by Crippen LogP contribution is -2.13. The SMILES string of the molecule is O=P1(O)OCCOCCO1. The van der Waals surface area contributed by atoms with E-state index in [1.54, 1.807) is 0 Å². The first-order chi connectivity index (χ1) is 4.71. The normalized spacial score (nSPS) is 26.9. The molecule has 0 amide bonds. The van der Waals surface area contributed by atoms with Gasteiger partial charge in [-0.2, -0.15) is 0 Å². The van der Waals surface area contributed by atoms with E-state index >= 15 is 0 Å². The first-order valence-electron chi connectivity index (χ1n) is 2.90. The second-order valence-corrected chi connectivity index (χ2v) is 3.20. The van der Waals surface area contributed by atoms with E-state index in [1.165, 1.54) is 0 Å². The van der Waals surface area contributed by atoms with Crippen molar-refractivity contribution < 1.29 is 23.2 Å². The van der Waals surface area contributed by atoms with Crippen molar-refractivity contribution in [1.29, 1.82) is 0 Å². The molecule has 0 radical (unpaired) electrons. The predicted octanol–water partition coefficient (Wildman–Crippen LogP) is 0.150. The van der Waals surface area contributed by atoms with Gasteiger partial charge in [-0.1, -0.05) is 0 Å². The van der Waals surface area contributed by atoms with Gasteiger partial charge in [0, 0.05) is 0 Å². The fraction of sp³-hybridized carbons (Fsp3) is 1.00. The Hall–Kier alpha value is 0.0700. The molecule has 1 fully saturated rings. The minimum absolute atomic E-state index is 0.105. The molecule has 0 aliphatic carbocycles. The zero-order valence-electron chi connectivity index (χ0n) is 5.36. The molecule has 10 heavy (non-hydrogen) atoms. The van der Waals surface area contributed by atoms with Gasteiger partial charge in [-0.3, -0.25) is 9.05 Å². The molecule has 1 aliphatic rings. The molecule has 0 spiro atoms. The minimum Gasteiger partial charge on any atom is -0.377 e. The van der Waals surface area contributed by atoms with E-state index in [0.29, 0.717) is 13.2 Å². The summed E-state index contributed by atoms with van der Waals surface area (Å²) in [7, 11) is -3.74. The largest absolute Gasteiger partial charge is 0.472 e. The summed E-state index contributed by atoms with van der Waals surface area (Å²) in [6, 6.07) is 0. The molecular weight excluding hydrogens is 159 g/mol.